The summed E-state index contributed by atoms with van der Waals surface area (Å²) in [6, 6.07) is 12.0. The van der Waals surface area contributed by atoms with Gasteiger partial charge in [-0.2, -0.15) is 0 Å². The number of carbonyl (C=O) groups excluding carboxylic acids is 1. The van der Waals surface area contributed by atoms with E-state index in [4.69, 9.17) is 19.9 Å². The van der Waals surface area contributed by atoms with Crippen LogP contribution in [0.3, 0.4) is 0 Å². The van der Waals surface area contributed by atoms with Crippen molar-refractivity contribution < 1.29 is 19.0 Å². The third-order valence-electron chi connectivity index (χ3n) is 3.39. The van der Waals surface area contributed by atoms with Crippen LogP contribution in [0.2, 0.25) is 0 Å². The molecule has 2 rings (SSSR count). The van der Waals surface area contributed by atoms with Gasteiger partial charge in [0.15, 0.2) is 0 Å². The SMILES string of the molecule is COCCCOc1ccc(C(=O)Nc2cc(OC)ccc2N)cc1. The summed E-state index contributed by atoms with van der Waals surface area (Å²) in [4.78, 5) is 12.3. The molecule has 0 aliphatic heterocycles. The van der Waals surface area contributed by atoms with Crippen LogP contribution in [0.4, 0.5) is 11.4 Å². The van der Waals surface area contributed by atoms with Gasteiger partial charge in [-0.1, -0.05) is 0 Å². The third kappa shape index (κ3) is 4.89. The zero-order valence-corrected chi connectivity index (χ0v) is 13.9. The number of nitrogens with one attached hydrogen (secondary N) is 1. The van der Waals surface area contributed by atoms with Gasteiger partial charge in [0.25, 0.3) is 5.91 Å². The number of anilines is 2. The molecule has 0 spiro atoms. The Kier molecular flexibility index (Phi) is 6.45. The quantitative estimate of drug-likeness (QED) is 0.574. The van der Waals surface area contributed by atoms with Crippen LogP contribution < -0.4 is 20.5 Å². The van der Waals surface area contributed by atoms with Gasteiger partial charge in [-0.3, -0.25) is 4.79 Å². The highest BCUT2D eigenvalue weighted by molar-refractivity contribution is 6.05. The van der Waals surface area contributed by atoms with Crippen LogP contribution in [0, 0.1) is 0 Å². The molecular formula is C18H22N2O4. The van der Waals surface area contributed by atoms with Crippen molar-refractivity contribution in [1.29, 1.82) is 0 Å². The van der Waals surface area contributed by atoms with E-state index < -0.39 is 0 Å². The molecule has 1 amide bonds. The van der Waals surface area contributed by atoms with Gasteiger partial charge >= 0.3 is 0 Å². The number of benzene rings is 2. The zero-order chi connectivity index (χ0) is 17.4. The molecule has 2 aromatic rings. The van der Waals surface area contributed by atoms with Gasteiger partial charge in [0, 0.05) is 31.8 Å². The topological polar surface area (TPSA) is 82.8 Å². The number of nitrogen functional groups attached to an aromatic ring is 1. The van der Waals surface area contributed by atoms with E-state index in [0.717, 1.165) is 6.42 Å². The van der Waals surface area contributed by atoms with E-state index in [2.05, 4.69) is 5.32 Å². The number of amides is 1. The van der Waals surface area contributed by atoms with Crippen molar-refractivity contribution in [3.63, 3.8) is 0 Å². The second-order valence-electron chi connectivity index (χ2n) is 5.13. The highest BCUT2D eigenvalue weighted by Crippen LogP contribution is 2.25. The third-order valence-corrected chi connectivity index (χ3v) is 3.39. The zero-order valence-electron chi connectivity index (χ0n) is 13.9. The molecule has 6 nitrogen and oxygen atoms in total. The summed E-state index contributed by atoms with van der Waals surface area (Å²) in [6.07, 6.45) is 0.813. The molecule has 0 saturated heterocycles. The van der Waals surface area contributed by atoms with Crippen molar-refractivity contribution >= 4 is 17.3 Å². The molecule has 0 heterocycles. The summed E-state index contributed by atoms with van der Waals surface area (Å²) < 4.78 is 15.7. The molecule has 128 valence electrons. The summed E-state index contributed by atoms with van der Waals surface area (Å²) >= 11 is 0. The predicted octanol–water partition coefficient (Wildman–Crippen LogP) is 2.95. The minimum absolute atomic E-state index is 0.249. The first-order valence-electron chi connectivity index (χ1n) is 7.60. The molecule has 0 aliphatic carbocycles. The number of hydrogen-bond donors (Lipinski definition) is 2. The van der Waals surface area contributed by atoms with Crippen LogP contribution in [0.25, 0.3) is 0 Å². The van der Waals surface area contributed by atoms with Gasteiger partial charge < -0.3 is 25.3 Å². The highest BCUT2D eigenvalue weighted by Gasteiger charge is 2.09. The van der Waals surface area contributed by atoms with E-state index in [-0.39, 0.29) is 5.91 Å². The minimum Gasteiger partial charge on any atom is -0.497 e. The normalized spacial score (nSPS) is 10.2. The molecule has 0 bridgehead atoms. The number of methoxy groups -OCH3 is 2. The van der Waals surface area contributed by atoms with E-state index in [9.17, 15) is 4.79 Å². The van der Waals surface area contributed by atoms with Crippen molar-refractivity contribution in [3.05, 3.63) is 48.0 Å². The standard InChI is InChI=1S/C18H22N2O4/c1-22-10-3-11-24-14-6-4-13(5-7-14)18(21)20-17-12-15(23-2)8-9-16(17)19/h4-9,12H,3,10-11,19H2,1-2H3,(H,20,21). The Morgan fingerprint density at radius 1 is 1.04 bits per heavy atom. The Bertz CT molecular complexity index is 671. The highest BCUT2D eigenvalue weighted by atomic mass is 16.5. The molecule has 0 fully saturated rings. The average molecular weight is 330 g/mol. The van der Waals surface area contributed by atoms with Crippen LogP contribution in [-0.4, -0.2) is 33.3 Å². The Morgan fingerprint density at radius 3 is 2.42 bits per heavy atom. The van der Waals surface area contributed by atoms with Crippen LogP contribution in [0.5, 0.6) is 11.5 Å². The van der Waals surface area contributed by atoms with E-state index in [1.165, 1.54) is 0 Å². The lowest BCUT2D eigenvalue weighted by atomic mass is 10.2. The fraction of sp³-hybridized carbons (Fsp3) is 0.278. The van der Waals surface area contributed by atoms with E-state index >= 15 is 0 Å². The van der Waals surface area contributed by atoms with Gasteiger partial charge in [0.1, 0.15) is 11.5 Å². The van der Waals surface area contributed by atoms with E-state index in [1.54, 1.807) is 56.7 Å². The van der Waals surface area contributed by atoms with Gasteiger partial charge in [-0.25, -0.2) is 0 Å². The van der Waals surface area contributed by atoms with Gasteiger partial charge in [-0.05, 0) is 36.4 Å². The van der Waals surface area contributed by atoms with Crippen molar-refractivity contribution in [2.75, 3.05) is 38.5 Å². The van der Waals surface area contributed by atoms with Crippen LogP contribution in [-0.2, 0) is 4.74 Å². The second kappa shape index (κ2) is 8.79. The van der Waals surface area contributed by atoms with Crippen molar-refractivity contribution in [2.24, 2.45) is 0 Å². The molecule has 3 N–H and O–H groups in total. The monoisotopic (exact) mass is 330 g/mol. The molecule has 0 radical (unpaired) electrons. The van der Waals surface area contributed by atoms with Gasteiger partial charge in [0.05, 0.1) is 25.1 Å². The van der Waals surface area contributed by atoms with Crippen molar-refractivity contribution in [2.45, 2.75) is 6.42 Å². The van der Waals surface area contributed by atoms with Crippen molar-refractivity contribution in [3.8, 4) is 11.5 Å². The Labute approximate surface area is 141 Å². The lowest BCUT2D eigenvalue weighted by molar-refractivity contribution is 0.102. The molecule has 24 heavy (non-hydrogen) atoms. The molecule has 0 aliphatic rings. The summed E-state index contributed by atoms with van der Waals surface area (Å²) in [5.74, 6) is 1.09. The average Bonchev–Trinajstić information content (AvgIpc) is 2.61. The molecule has 0 atom stereocenters. The summed E-state index contributed by atoms with van der Waals surface area (Å²) in [5.41, 5.74) is 7.38. The van der Waals surface area contributed by atoms with Gasteiger partial charge in [0.2, 0.25) is 0 Å². The lowest BCUT2D eigenvalue weighted by Crippen LogP contribution is -2.13. The van der Waals surface area contributed by atoms with E-state index in [0.29, 0.717) is 41.7 Å². The van der Waals surface area contributed by atoms with E-state index in [1.807, 2.05) is 0 Å². The number of hydrogen-bond acceptors (Lipinski definition) is 5. The first-order valence-corrected chi connectivity index (χ1v) is 7.60. The first kappa shape index (κ1) is 17.6. The maximum absolute atomic E-state index is 12.3. The van der Waals surface area contributed by atoms with Crippen molar-refractivity contribution in [1.82, 2.24) is 0 Å². The fourth-order valence-electron chi connectivity index (χ4n) is 2.06. The maximum Gasteiger partial charge on any atom is 0.255 e. The number of rotatable bonds is 8. The summed E-state index contributed by atoms with van der Waals surface area (Å²) in [5, 5.41) is 2.78. The smallest absolute Gasteiger partial charge is 0.255 e. The largest absolute Gasteiger partial charge is 0.497 e. The summed E-state index contributed by atoms with van der Waals surface area (Å²) in [6.45, 7) is 1.22. The Morgan fingerprint density at radius 2 is 1.75 bits per heavy atom. The Balaban J connectivity index is 1.97. The lowest BCUT2D eigenvalue weighted by Gasteiger charge is -2.10. The molecule has 2 aromatic carbocycles. The second-order valence-corrected chi connectivity index (χ2v) is 5.13. The molecule has 0 aromatic heterocycles. The van der Waals surface area contributed by atoms with Gasteiger partial charge in [-0.15, -0.1) is 0 Å². The molecule has 0 saturated carbocycles. The summed E-state index contributed by atoms with van der Waals surface area (Å²) in [7, 11) is 3.21. The molecular weight excluding hydrogens is 308 g/mol. The number of carbonyl (C=O) groups is 1. The predicted molar refractivity (Wildman–Crippen MR) is 93.8 cm³/mol. The maximum atomic E-state index is 12.3. The molecule has 6 heteroatoms. The van der Waals surface area contributed by atoms with Crippen LogP contribution >= 0.6 is 0 Å². The number of nitrogens with two attached hydrogens (primary N) is 1. The van der Waals surface area contributed by atoms with Crippen LogP contribution in [0.1, 0.15) is 16.8 Å². The Hall–Kier alpha value is -2.73. The van der Waals surface area contributed by atoms with Crippen LogP contribution in [0.15, 0.2) is 42.5 Å². The minimum atomic E-state index is -0.249. The number of ether oxygens (including phenoxy) is 3. The fourth-order valence-corrected chi connectivity index (χ4v) is 2.06. The molecule has 0 unspecified atom stereocenters. The first-order chi connectivity index (χ1) is 11.6.